The molecule has 0 saturated carbocycles. The second-order valence-corrected chi connectivity index (χ2v) is 2.11. The molecule has 0 aliphatic heterocycles. The lowest BCUT2D eigenvalue weighted by atomic mass is 10.2. The Morgan fingerprint density at radius 3 is 2.50 bits per heavy atom. The van der Waals surface area contributed by atoms with E-state index in [4.69, 9.17) is 5.73 Å². The highest BCUT2D eigenvalue weighted by Gasteiger charge is 1.97. The quantitative estimate of drug-likeness (QED) is 0.633. The molecule has 0 saturated heterocycles. The third-order valence-corrected chi connectivity index (χ3v) is 1.14. The molecule has 0 aromatic carbocycles. The van der Waals surface area contributed by atoms with Crippen molar-refractivity contribution < 1.29 is 4.79 Å². The molecule has 0 heterocycles. The van der Waals surface area contributed by atoms with Crippen molar-refractivity contribution in [3.05, 3.63) is 0 Å². The van der Waals surface area contributed by atoms with Crippen LogP contribution in [0.4, 0.5) is 0 Å². The monoisotopic (exact) mass is 166 g/mol. The van der Waals surface area contributed by atoms with Crippen LogP contribution in [0.25, 0.3) is 0 Å². The maximum Gasteiger partial charge on any atom is 0.216 e. The summed E-state index contributed by atoms with van der Waals surface area (Å²) in [5.74, 6) is -0.0149. The van der Waals surface area contributed by atoms with E-state index in [1.165, 1.54) is 6.92 Å². The average Bonchev–Trinajstić information content (AvgIpc) is 1.83. The normalized spacial score (nSPS) is 11.5. The predicted molar refractivity (Wildman–Crippen MR) is 44.2 cm³/mol. The summed E-state index contributed by atoms with van der Waals surface area (Å²) in [7, 11) is 0. The van der Waals surface area contributed by atoms with Gasteiger partial charge in [0.05, 0.1) is 0 Å². The Hall–Kier alpha value is -0.280. The van der Waals surface area contributed by atoms with Gasteiger partial charge in [0.2, 0.25) is 5.91 Å². The van der Waals surface area contributed by atoms with Gasteiger partial charge in [0, 0.05) is 19.5 Å². The lowest BCUT2D eigenvalue weighted by Crippen LogP contribution is -2.35. The standard InChI is InChI=1S/C6H14N2O.ClH/c1-3-6(7)4-8-5(2)9;/h6H,3-4,7H2,1-2H3,(H,8,9);1H. The summed E-state index contributed by atoms with van der Waals surface area (Å²) < 4.78 is 0. The van der Waals surface area contributed by atoms with E-state index in [1.54, 1.807) is 0 Å². The first-order valence-electron chi connectivity index (χ1n) is 3.16. The molecule has 0 spiro atoms. The zero-order chi connectivity index (χ0) is 7.28. The van der Waals surface area contributed by atoms with Gasteiger partial charge in [-0.15, -0.1) is 12.4 Å². The van der Waals surface area contributed by atoms with Crippen LogP contribution in [0.15, 0.2) is 0 Å². The first-order valence-corrected chi connectivity index (χ1v) is 3.16. The van der Waals surface area contributed by atoms with Gasteiger partial charge in [-0.3, -0.25) is 4.79 Å². The van der Waals surface area contributed by atoms with Crippen LogP contribution in [0, 0.1) is 0 Å². The summed E-state index contributed by atoms with van der Waals surface area (Å²) in [5.41, 5.74) is 5.51. The molecule has 0 aromatic heterocycles. The highest BCUT2D eigenvalue weighted by Crippen LogP contribution is 1.81. The minimum absolute atomic E-state index is 0. The number of rotatable bonds is 3. The number of halogens is 1. The van der Waals surface area contributed by atoms with Crippen molar-refractivity contribution in [1.29, 1.82) is 0 Å². The van der Waals surface area contributed by atoms with Crippen LogP contribution in [0.2, 0.25) is 0 Å². The lowest BCUT2D eigenvalue weighted by molar-refractivity contribution is -0.119. The Morgan fingerprint density at radius 2 is 2.20 bits per heavy atom. The number of nitrogens with two attached hydrogens (primary N) is 1. The highest BCUT2D eigenvalue weighted by molar-refractivity contribution is 5.85. The Bertz CT molecular complexity index is 97.7. The van der Waals surface area contributed by atoms with Crippen LogP contribution in [-0.4, -0.2) is 18.5 Å². The topological polar surface area (TPSA) is 55.1 Å². The van der Waals surface area contributed by atoms with Crippen LogP contribution in [0.3, 0.4) is 0 Å². The molecule has 0 fully saturated rings. The van der Waals surface area contributed by atoms with E-state index < -0.39 is 0 Å². The first kappa shape index (κ1) is 12.4. The van der Waals surface area contributed by atoms with Crippen molar-refractivity contribution in [2.75, 3.05) is 6.54 Å². The van der Waals surface area contributed by atoms with E-state index in [2.05, 4.69) is 5.32 Å². The molecule has 0 aliphatic carbocycles. The summed E-state index contributed by atoms with van der Waals surface area (Å²) in [6, 6.07) is 0.105. The fraction of sp³-hybridized carbons (Fsp3) is 0.833. The zero-order valence-electron chi connectivity index (χ0n) is 6.39. The molecule has 0 radical (unpaired) electrons. The SMILES string of the molecule is CCC(N)CNC(C)=O.Cl. The van der Waals surface area contributed by atoms with E-state index in [1.807, 2.05) is 6.92 Å². The first-order chi connectivity index (χ1) is 4.16. The van der Waals surface area contributed by atoms with Crippen molar-refractivity contribution in [3.8, 4) is 0 Å². The second kappa shape index (κ2) is 6.83. The highest BCUT2D eigenvalue weighted by atomic mass is 35.5. The van der Waals surface area contributed by atoms with E-state index in [9.17, 15) is 4.79 Å². The maximum atomic E-state index is 10.3. The summed E-state index contributed by atoms with van der Waals surface area (Å²) in [4.78, 5) is 10.3. The van der Waals surface area contributed by atoms with E-state index in [0.717, 1.165) is 6.42 Å². The van der Waals surface area contributed by atoms with Crippen molar-refractivity contribution >= 4 is 18.3 Å². The van der Waals surface area contributed by atoms with Crippen LogP contribution in [0.5, 0.6) is 0 Å². The molecule has 10 heavy (non-hydrogen) atoms. The van der Waals surface area contributed by atoms with Crippen molar-refractivity contribution in [3.63, 3.8) is 0 Å². The van der Waals surface area contributed by atoms with Gasteiger partial charge in [-0.05, 0) is 6.42 Å². The van der Waals surface area contributed by atoms with Gasteiger partial charge in [-0.2, -0.15) is 0 Å². The molecular formula is C6H15ClN2O. The Balaban J connectivity index is 0. The molecule has 0 rings (SSSR count). The van der Waals surface area contributed by atoms with Gasteiger partial charge in [0.15, 0.2) is 0 Å². The number of carbonyl (C=O) groups excluding carboxylic acids is 1. The molecule has 1 atom stereocenters. The zero-order valence-corrected chi connectivity index (χ0v) is 7.20. The molecule has 0 bridgehead atoms. The summed E-state index contributed by atoms with van der Waals surface area (Å²) in [5, 5.41) is 2.63. The second-order valence-electron chi connectivity index (χ2n) is 2.11. The van der Waals surface area contributed by atoms with Gasteiger partial charge in [0.1, 0.15) is 0 Å². The third-order valence-electron chi connectivity index (χ3n) is 1.14. The fourth-order valence-corrected chi connectivity index (χ4v) is 0.419. The minimum atomic E-state index is -0.0149. The van der Waals surface area contributed by atoms with Crippen molar-refractivity contribution in [2.45, 2.75) is 26.3 Å². The van der Waals surface area contributed by atoms with Crippen LogP contribution in [-0.2, 0) is 4.79 Å². The van der Waals surface area contributed by atoms with Crippen LogP contribution >= 0.6 is 12.4 Å². The van der Waals surface area contributed by atoms with Gasteiger partial charge < -0.3 is 11.1 Å². The molecule has 62 valence electrons. The third kappa shape index (κ3) is 7.72. The van der Waals surface area contributed by atoms with Crippen molar-refractivity contribution in [2.24, 2.45) is 5.73 Å². The Kier molecular flexibility index (Phi) is 8.48. The molecule has 4 heteroatoms. The van der Waals surface area contributed by atoms with Gasteiger partial charge in [-0.25, -0.2) is 0 Å². The maximum absolute atomic E-state index is 10.3. The fourth-order valence-electron chi connectivity index (χ4n) is 0.419. The summed E-state index contributed by atoms with van der Waals surface area (Å²) in [6.07, 6.45) is 0.903. The van der Waals surface area contributed by atoms with Crippen LogP contribution < -0.4 is 11.1 Å². The molecule has 3 N–H and O–H groups in total. The molecular weight excluding hydrogens is 152 g/mol. The van der Waals surface area contributed by atoms with Crippen molar-refractivity contribution in [1.82, 2.24) is 5.32 Å². The number of hydrogen-bond acceptors (Lipinski definition) is 2. The summed E-state index contributed by atoms with van der Waals surface area (Å²) >= 11 is 0. The Labute approximate surface area is 67.8 Å². The van der Waals surface area contributed by atoms with E-state index in [-0.39, 0.29) is 24.4 Å². The molecule has 1 amide bonds. The smallest absolute Gasteiger partial charge is 0.216 e. The van der Waals surface area contributed by atoms with Gasteiger partial charge in [0.25, 0.3) is 0 Å². The van der Waals surface area contributed by atoms with Crippen LogP contribution in [0.1, 0.15) is 20.3 Å². The summed E-state index contributed by atoms with van der Waals surface area (Å²) in [6.45, 7) is 4.07. The van der Waals surface area contributed by atoms with E-state index >= 15 is 0 Å². The minimum Gasteiger partial charge on any atom is -0.355 e. The molecule has 0 aromatic rings. The number of carbonyl (C=O) groups is 1. The Morgan fingerprint density at radius 1 is 1.70 bits per heavy atom. The lowest BCUT2D eigenvalue weighted by Gasteiger charge is -2.07. The van der Waals surface area contributed by atoms with Gasteiger partial charge in [-0.1, -0.05) is 6.92 Å². The number of nitrogens with one attached hydrogen (secondary N) is 1. The predicted octanol–water partition coefficient (Wildman–Crippen LogP) is 0.282. The molecule has 3 nitrogen and oxygen atoms in total. The van der Waals surface area contributed by atoms with E-state index in [0.29, 0.717) is 6.54 Å². The number of amides is 1. The van der Waals surface area contributed by atoms with Gasteiger partial charge >= 0.3 is 0 Å². The average molecular weight is 167 g/mol. The largest absolute Gasteiger partial charge is 0.355 e. The number of hydrogen-bond donors (Lipinski definition) is 2. The molecule has 0 aliphatic rings. The molecule has 1 unspecified atom stereocenters.